The fourth-order valence-electron chi connectivity index (χ4n) is 1.85. The van der Waals surface area contributed by atoms with Gasteiger partial charge in [-0.25, -0.2) is 4.39 Å². The van der Waals surface area contributed by atoms with E-state index in [1.54, 1.807) is 18.2 Å². The second-order valence-corrected chi connectivity index (χ2v) is 4.89. The molecule has 0 radical (unpaired) electrons. The third-order valence-corrected chi connectivity index (χ3v) is 3.45. The van der Waals surface area contributed by atoms with Gasteiger partial charge in [0, 0.05) is 21.2 Å². The fraction of sp³-hybridized carbons (Fsp3) is 0.0667. The Kier molecular flexibility index (Phi) is 4.39. The van der Waals surface area contributed by atoms with Gasteiger partial charge in [0.15, 0.2) is 5.78 Å². The van der Waals surface area contributed by atoms with Crippen LogP contribution in [0, 0.1) is 17.1 Å². The van der Waals surface area contributed by atoms with Crippen molar-refractivity contribution in [3.63, 3.8) is 0 Å². The Morgan fingerprint density at radius 2 is 1.75 bits per heavy atom. The number of carbonyl (C=O) groups is 1. The number of ketones is 1. The largest absolute Gasteiger partial charge is 0.292 e. The minimum Gasteiger partial charge on any atom is -0.292 e. The predicted molar refractivity (Wildman–Crippen MR) is 75.5 cm³/mol. The maximum atomic E-state index is 13.2. The molecule has 0 N–H and O–H groups in total. The number of nitrogens with zero attached hydrogens (tertiary/aromatic N) is 1. The van der Waals surface area contributed by atoms with Crippen LogP contribution in [0.15, 0.2) is 42.5 Å². The first-order chi connectivity index (χ1) is 9.54. The van der Waals surface area contributed by atoms with Crippen LogP contribution in [0.4, 0.5) is 4.39 Å². The van der Waals surface area contributed by atoms with E-state index in [4.69, 9.17) is 23.2 Å². The highest BCUT2D eigenvalue weighted by Crippen LogP contribution is 2.33. The zero-order chi connectivity index (χ0) is 14.7. The Morgan fingerprint density at radius 1 is 1.15 bits per heavy atom. The van der Waals surface area contributed by atoms with E-state index in [0.717, 1.165) is 6.07 Å². The van der Waals surface area contributed by atoms with Crippen LogP contribution >= 0.6 is 23.2 Å². The lowest BCUT2D eigenvalue weighted by atomic mass is 9.91. The lowest BCUT2D eigenvalue weighted by molar-refractivity contribution is 0.0978. The fourth-order valence-corrected chi connectivity index (χ4v) is 2.46. The summed E-state index contributed by atoms with van der Waals surface area (Å²) in [6.07, 6.45) is 0. The number of carbonyl (C=O) groups excluding carboxylic acids is 1. The molecule has 0 fully saturated rings. The second kappa shape index (κ2) is 6.04. The molecule has 1 unspecified atom stereocenters. The van der Waals surface area contributed by atoms with Crippen molar-refractivity contribution in [1.82, 2.24) is 0 Å². The summed E-state index contributed by atoms with van der Waals surface area (Å²) in [5, 5.41) is 9.71. The SMILES string of the molecule is N#CC(C(=O)c1cccc(F)c1)c1c(Cl)cccc1Cl. The van der Waals surface area contributed by atoms with Crippen LogP contribution in [0.5, 0.6) is 0 Å². The molecule has 0 heterocycles. The van der Waals surface area contributed by atoms with E-state index in [1.165, 1.54) is 18.2 Å². The van der Waals surface area contributed by atoms with Crippen LogP contribution in [-0.2, 0) is 0 Å². The van der Waals surface area contributed by atoms with Crippen LogP contribution in [0.1, 0.15) is 21.8 Å². The molecule has 2 rings (SSSR count). The molecule has 0 aromatic heterocycles. The monoisotopic (exact) mass is 307 g/mol. The van der Waals surface area contributed by atoms with Gasteiger partial charge in [-0.1, -0.05) is 41.4 Å². The topological polar surface area (TPSA) is 40.9 Å². The van der Waals surface area contributed by atoms with Crippen molar-refractivity contribution in [2.75, 3.05) is 0 Å². The summed E-state index contributed by atoms with van der Waals surface area (Å²) in [5.41, 5.74) is 0.347. The Morgan fingerprint density at radius 3 is 2.30 bits per heavy atom. The summed E-state index contributed by atoms with van der Waals surface area (Å²) in [5.74, 6) is -2.25. The molecule has 0 bridgehead atoms. The molecular weight excluding hydrogens is 300 g/mol. The molecule has 0 aliphatic carbocycles. The van der Waals surface area contributed by atoms with Crippen LogP contribution in [0.25, 0.3) is 0 Å². The molecule has 100 valence electrons. The molecule has 0 saturated carbocycles. The van der Waals surface area contributed by atoms with Gasteiger partial charge in [0.25, 0.3) is 0 Å². The molecule has 0 amide bonds. The van der Waals surface area contributed by atoms with Crippen molar-refractivity contribution in [1.29, 1.82) is 5.26 Å². The quantitative estimate of drug-likeness (QED) is 0.776. The number of benzene rings is 2. The third-order valence-electron chi connectivity index (χ3n) is 2.79. The normalized spacial score (nSPS) is 11.7. The molecule has 1 atom stereocenters. The molecule has 0 spiro atoms. The molecular formula is C15H8Cl2FNO. The molecule has 2 aromatic rings. The average Bonchev–Trinajstić information content (AvgIpc) is 2.42. The van der Waals surface area contributed by atoms with Crippen molar-refractivity contribution in [2.45, 2.75) is 5.92 Å². The first kappa shape index (κ1) is 14.5. The summed E-state index contributed by atoms with van der Waals surface area (Å²) >= 11 is 12.0. The van der Waals surface area contributed by atoms with Gasteiger partial charge in [0.1, 0.15) is 11.7 Å². The van der Waals surface area contributed by atoms with E-state index in [1.807, 2.05) is 6.07 Å². The van der Waals surface area contributed by atoms with Gasteiger partial charge in [-0.15, -0.1) is 0 Å². The van der Waals surface area contributed by atoms with Crippen molar-refractivity contribution in [2.24, 2.45) is 0 Å². The van der Waals surface area contributed by atoms with E-state index in [2.05, 4.69) is 0 Å². The maximum absolute atomic E-state index is 13.2. The minimum absolute atomic E-state index is 0.104. The Hall–Kier alpha value is -1.89. The van der Waals surface area contributed by atoms with Crippen LogP contribution in [0.3, 0.4) is 0 Å². The zero-order valence-corrected chi connectivity index (χ0v) is 11.6. The van der Waals surface area contributed by atoms with E-state index in [0.29, 0.717) is 0 Å². The van der Waals surface area contributed by atoms with Crippen LogP contribution in [-0.4, -0.2) is 5.78 Å². The third kappa shape index (κ3) is 2.82. The number of halogens is 3. The summed E-state index contributed by atoms with van der Waals surface area (Å²) in [7, 11) is 0. The summed E-state index contributed by atoms with van der Waals surface area (Å²) in [6.45, 7) is 0. The van der Waals surface area contributed by atoms with E-state index in [9.17, 15) is 14.4 Å². The lowest BCUT2D eigenvalue weighted by Crippen LogP contribution is -2.12. The van der Waals surface area contributed by atoms with E-state index >= 15 is 0 Å². The highest BCUT2D eigenvalue weighted by Gasteiger charge is 2.26. The van der Waals surface area contributed by atoms with Crippen molar-refractivity contribution in [3.05, 3.63) is 69.5 Å². The molecule has 2 nitrogen and oxygen atoms in total. The van der Waals surface area contributed by atoms with Gasteiger partial charge >= 0.3 is 0 Å². The number of hydrogen-bond donors (Lipinski definition) is 0. The van der Waals surface area contributed by atoms with Crippen molar-refractivity contribution < 1.29 is 9.18 Å². The van der Waals surface area contributed by atoms with Crippen LogP contribution < -0.4 is 0 Å². The summed E-state index contributed by atoms with van der Waals surface area (Å²) in [4.78, 5) is 12.3. The molecule has 0 aliphatic heterocycles. The summed E-state index contributed by atoms with van der Waals surface area (Å²) in [6, 6.07) is 11.7. The van der Waals surface area contributed by atoms with Gasteiger partial charge < -0.3 is 0 Å². The Balaban J connectivity index is 2.49. The van der Waals surface area contributed by atoms with Gasteiger partial charge in [-0.2, -0.15) is 5.26 Å². The number of hydrogen-bond acceptors (Lipinski definition) is 2. The minimum atomic E-state index is -1.17. The predicted octanol–water partition coefficient (Wildman–Crippen LogP) is 4.62. The number of nitriles is 1. The highest BCUT2D eigenvalue weighted by atomic mass is 35.5. The van der Waals surface area contributed by atoms with E-state index in [-0.39, 0.29) is 21.2 Å². The molecule has 0 saturated heterocycles. The van der Waals surface area contributed by atoms with E-state index < -0.39 is 17.5 Å². The van der Waals surface area contributed by atoms with Crippen molar-refractivity contribution in [3.8, 4) is 6.07 Å². The summed E-state index contributed by atoms with van der Waals surface area (Å²) < 4.78 is 13.2. The van der Waals surface area contributed by atoms with Gasteiger partial charge in [0.2, 0.25) is 0 Å². The zero-order valence-electron chi connectivity index (χ0n) is 10.1. The molecule has 0 aliphatic rings. The first-order valence-electron chi connectivity index (χ1n) is 5.68. The van der Waals surface area contributed by atoms with Gasteiger partial charge in [-0.05, 0) is 24.3 Å². The van der Waals surface area contributed by atoms with Gasteiger partial charge in [0.05, 0.1) is 6.07 Å². The standard InChI is InChI=1S/C15H8Cl2FNO/c16-12-5-2-6-13(17)14(12)11(8-19)15(20)9-3-1-4-10(18)7-9/h1-7,11H. The van der Waals surface area contributed by atoms with Gasteiger partial charge in [-0.3, -0.25) is 4.79 Å². The molecule has 2 aromatic carbocycles. The van der Waals surface area contributed by atoms with Crippen molar-refractivity contribution >= 4 is 29.0 Å². The number of rotatable bonds is 3. The molecule has 20 heavy (non-hydrogen) atoms. The number of Topliss-reactive ketones (excluding diaryl/α,β-unsaturated/α-hetero) is 1. The maximum Gasteiger partial charge on any atom is 0.184 e. The second-order valence-electron chi connectivity index (χ2n) is 4.07. The molecule has 5 heteroatoms. The Labute approximate surface area is 125 Å². The van der Waals surface area contributed by atoms with Crippen LogP contribution in [0.2, 0.25) is 10.0 Å². The first-order valence-corrected chi connectivity index (χ1v) is 6.43. The highest BCUT2D eigenvalue weighted by molar-refractivity contribution is 6.36. The average molecular weight is 308 g/mol. The Bertz CT molecular complexity index is 689. The smallest absolute Gasteiger partial charge is 0.184 e. The lowest BCUT2D eigenvalue weighted by Gasteiger charge is -2.12.